The van der Waals surface area contributed by atoms with E-state index in [2.05, 4.69) is 9.72 Å². The van der Waals surface area contributed by atoms with Gasteiger partial charge in [0.15, 0.2) is 0 Å². The number of ether oxygens (including phenoxy) is 1. The number of aliphatic hydroxyl groups excluding tert-OH is 1. The molecule has 1 aromatic heterocycles. The fourth-order valence-corrected chi connectivity index (χ4v) is 1.96. The molecule has 0 bridgehead atoms. The minimum absolute atomic E-state index is 0.277. The Hall–Kier alpha value is -2.08. The average molecular weight is 297 g/mol. The lowest BCUT2D eigenvalue weighted by Gasteiger charge is -2.19. The molecule has 0 aliphatic rings. The lowest BCUT2D eigenvalue weighted by atomic mass is 9.94. The smallest absolute Gasteiger partial charge is 0.406 e. The van der Waals surface area contributed by atoms with Gasteiger partial charge in [0.2, 0.25) is 0 Å². The van der Waals surface area contributed by atoms with Gasteiger partial charge in [0, 0.05) is 17.8 Å². The number of benzene rings is 1. The molecule has 21 heavy (non-hydrogen) atoms. The number of halogens is 3. The van der Waals surface area contributed by atoms with Crippen LogP contribution in [0.4, 0.5) is 13.2 Å². The Kier molecular flexibility index (Phi) is 4.47. The van der Waals surface area contributed by atoms with Crippen LogP contribution in [0.15, 0.2) is 48.7 Å². The SMILES string of the molecule is CC(c1ccccn1)C(O)c1ccc(OC(F)(F)F)cc1. The molecule has 0 saturated carbocycles. The van der Waals surface area contributed by atoms with Gasteiger partial charge >= 0.3 is 6.36 Å². The number of pyridine rings is 1. The van der Waals surface area contributed by atoms with Gasteiger partial charge in [0.25, 0.3) is 0 Å². The van der Waals surface area contributed by atoms with E-state index in [4.69, 9.17) is 0 Å². The first-order valence-corrected chi connectivity index (χ1v) is 6.31. The Labute approximate surface area is 120 Å². The van der Waals surface area contributed by atoms with Crippen molar-refractivity contribution in [3.8, 4) is 5.75 Å². The van der Waals surface area contributed by atoms with Crippen LogP contribution in [-0.4, -0.2) is 16.5 Å². The van der Waals surface area contributed by atoms with Crippen LogP contribution in [0.3, 0.4) is 0 Å². The second kappa shape index (κ2) is 6.13. The molecule has 3 nitrogen and oxygen atoms in total. The number of aromatic nitrogens is 1. The molecular weight excluding hydrogens is 283 g/mol. The van der Waals surface area contributed by atoms with Crippen LogP contribution in [0, 0.1) is 0 Å². The van der Waals surface area contributed by atoms with Crippen molar-refractivity contribution in [2.75, 3.05) is 0 Å². The third kappa shape index (κ3) is 4.19. The Morgan fingerprint density at radius 2 is 1.76 bits per heavy atom. The lowest BCUT2D eigenvalue weighted by Crippen LogP contribution is -2.17. The summed E-state index contributed by atoms with van der Waals surface area (Å²) in [6.45, 7) is 1.80. The number of hydrogen-bond donors (Lipinski definition) is 1. The van der Waals surface area contributed by atoms with Gasteiger partial charge < -0.3 is 9.84 Å². The molecule has 0 aliphatic heterocycles. The van der Waals surface area contributed by atoms with Crippen molar-refractivity contribution in [1.82, 2.24) is 4.98 Å². The minimum atomic E-state index is -4.72. The van der Waals surface area contributed by atoms with Gasteiger partial charge in [0.05, 0.1) is 6.10 Å². The van der Waals surface area contributed by atoms with E-state index in [9.17, 15) is 18.3 Å². The number of alkyl halides is 3. The highest BCUT2D eigenvalue weighted by Gasteiger charge is 2.31. The highest BCUT2D eigenvalue weighted by molar-refractivity contribution is 5.30. The minimum Gasteiger partial charge on any atom is -0.406 e. The standard InChI is InChI=1S/C15H14F3NO2/c1-10(13-4-2-3-9-19-13)14(20)11-5-7-12(8-6-11)21-15(16,17)18/h2-10,14,20H,1H3. The van der Waals surface area contributed by atoms with Crippen molar-refractivity contribution < 1.29 is 23.0 Å². The largest absolute Gasteiger partial charge is 0.573 e. The van der Waals surface area contributed by atoms with E-state index in [1.807, 2.05) is 6.07 Å². The first kappa shape index (κ1) is 15.3. The van der Waals surface area contributed by atoms with Crippen molar-refractivity contribution in [1.29, 1.82) is 0 Å². The molecule has 1 N–H and O–H groups in total. The predicted molar refractivity (Wildman–Crippen MR) is 70.7 cm³/mol. The van der Waals surface area contributed by atoms with E-state index < -0.39 is 12.5 Å². The summed E-state index contributed by atoms with van der Waals surface area (Å²) >= 11 is 0. The van der Waals surface area contributed by atoms with E-state index in [1.165, 1.54) is 24.3 Å². The predicted octanol–water partition coefficient (Wildman–Crippen LogP) is 3.82. The summed E-state index contributed by atoms with van der Waals surface area (Å²) in [6.07, 6.45) is -3.96. The maximum absolute atomic E-state index is 12.1. The molecule has 0 aliphatic carbocycles. The molecule has 2 aromatic rings. The summed E-state index contributed by atoms with van der Waals surface area (Å²) < 4.78 is 40.0. The summed E-state index contributed by atoms with van der Waals surface area (Å²) in [5, 5.41) is 10.3. The van der Waals surface area contributed by atoms with E-state index in [-0.39, 0.29) is 11.7 Å². The van der Waals surface area contributed by atoms with Gasteiger partial charge in [0.1, 0.15) is 5.75 Å². The zero-order valence-electron chi connectivity index (χ0n) is 11.2. The van der Waals surface area contributed by atoms with Crippen molar-refractivity contribution in [3.05, 3.63) is 59.9 Å². The van der Waals surface area contributed by atoms with Crippen molar-refractivity contribution in [3.63, 3.8) is 0 Å². The summed E-state index contributed by atoms with van der Waals surface area (Å²) in [5.74, 6) is -0.593. The molecule has 1 aromatic carbocycles. The number of rotatable bonds is 4. The number of nitrogens with zero attached hydrogens (tertiary/aromatic N) is 1. The molecule has 0 radical (unpaired) electrons. The molecule has 2 atom stereocenters. The summed E-state index contributed by atoms with van der Waals surface area (Å²) in [4.78, 5) is 4.16. The molecule has 2 rings (SSSR count). The lowest BCUT2D eigenvalue weighted by molar-refractivity contribution is -0.274. The maximum atomic E-state index is 12.1. The highest BCUT2D eigenvalue weighted by atomic mass is 19.4. The molecule has 0 spiro atoms. The van der Waals surface area contributed by atoms with Crippen LogP contribution in [0.25, 0.3) is 0 Å². The first-order chi connectivity index (χ1) is 9.87. The fourth-order valence-electron chi connectivity index (χ4n) is 1.96. The maximum Gasteiger partial charge on any atom is 0.573 e. The molecule has 0 amide bonds. The van der Waals surface area contributed by atoms with Gasteiger partial charge in [-0.1, -0.05) is 25.1 Å². The fraction of sp³-hybridized carbons (Fsp3) is 0.267. The van der Waals surface area contributed by atoms with Crippen molar-refractivity contribution in [2.24, 2.45) is 0 Å². The molecule has 0 saturated heterocycles. The van der Waals surface area contributed by atoms with Gasteiger partial charge in [-0.05, 0) is 29.8 Å². The van der Waals surface area contributed by atoms with E-state index in [0.717, 1.165) is 0 Å². The molecule has 6 heteroatoms. The zero-order chi connectivity index (χ0) is 15.5. The Morgan fingerprint density at radius 3 is 2.29 bits per heavy atom. The second-order valence-corrected chi connectivity index (χ2v) is 4.60. The van der Waals surface area contributed by atoms with Crippen LogP contribution in [0.5, 0.6) is 5.75 Å². The molecule has 0 fully saturated rings. The molecular formula is C15H14F3NO2. The van der Waals surface area contributed by atoms with E-state index >= 15 is 0 Å². The molecule has 112 valence electrons. The van der Waals surface area contributed by atoms with E-state index in [1.54, 1.807) is 25.3 Å². The quantitative estimate of drug-likeness (QED) is 0.933. The second-order valence-electron chi connectivity index (χ2n) is 4.60. The average Bonchev–Trinajstić information content (AvgIpc) is 2.46. The third-order valence-electron chi connectivity index (χ3n) is 3.08. The Bertz CT molecular complexity index is 570. The van der Waals surface area contributed by atoms with Crippen LogP contribution in [0.1, 0.15) is 30.2 Å². The van der Waals surface area contributed by atoms with Crippen molar-refractivity contribution >= 4 is 0 Å². The van der Waals surface area contributed by atoms with Gasteiger partial charge in [-0.25, -0.2) is 0 Å². The summed E-state index contributed by atoms with van der Waals surface area (Å²) in [6, 6.07) is 10.5. The van der Waals surface area contributed by atoms with Crippen LogP contribution < -0.4 is 4.74 Å². The van der Waals surface area contributed by atoms with Crippen LogP contribution in [0.2, 0.25) is 0 Å². The third-order valence-corrected chi connectivity index (χ3v) is 3.08. The highest BCUT2D eigenvalue weighted by Crippen LogP contribution is 2.31. The number of hydrogen-bond acceptors (Lipinski definition) is 3. The Balaban J connectivity index is 2.11. The van der Waals surface area contributed by atoms with Gasteiger partial charge in [-0.15, -0.1) is 13.2 Å². The summed E-state index contributed by atoms with van der Waals surface area (Å²) in [7, 11) is 0. The van der Waals surface area contributed by atoms with Crippen LogP contribution >= 0.6 is 0 Å². The topological polar surface area (TPSA) is 42.4 Å². The van der Waals surface area contributed by atoms with Crippen molar-refractivity contribution in [2.45, 2.75) is 25.3 Å². The summed E-state index contributed by atoms with van der Waals surface area (Å²) in [5.41, 5.74) is 1.21. The van der Waals surface area contributed by atoms with Gasteiger partial charge in [-0.3, -0.25) is 4.98 Å². The zero-order valence-corrected chi connectivity index (χ0v) is 11.2. The number of aliphatic hydroxyl groups is 1. The monoisotopic (exact) mass is 297 g/mol. The normalized spacial score (nSPS) is 14.5. The first-order valence-electron chi connectivity index (χ1n) is 6.31. The Morgan fingerprint density at radius 1 is 1.10 bits per heavy atom. The molecule has 2 unspecified atom stereocenters. The van der Waals surface area contributed by atoms with Gasteiger partial charge in [-0.2, -0.15) is 0 Å². The van der Waals surface area contributed by atoms with Crippen LogP contribution in [-0.2, 0) is 0 Å². The molecule has 1 heterocycles. The van der Waals surface area contributed by atoms with E-state index in [0.29, 0.717) is 11.3 Å².